The van der Waals surface area contributed by atoms with Crippen molar-refractivity contribution in [1.82, 2.24) is 20.6 Å². The summed E-state index contributed by atoms with van der Waals surface area (Å²) in [5.41, 5.74) is 0.525. The van der Waals surface area contributed by atoms with Gasteiger partial charge in [0.25, 0.3) is 0 Å². The number of nitrogens with one attached hydrogen (secondary N) is 1. The molecule has 0 radical (unpaired) electrons. The lowest BCUT2D eigenvalue weighted by Gasteiger charge is -1.94. The molecule has 1 rings (SSSR count). The summed E-state index contributed by atoms with van der Waals surface area (Å²) in [7, 11) is 0. The van der Waals surface area contributed by atoms with Gasteiger partial charge in [-0.25, -0.2) is 0 Å². The van der Waals surface area contributed by atoms with E-state index in [1.807, 2.05) is 19.9 Å². The van der Waals surface area contributed by atoms with Crippen LogP contribution in [-0.4, -0.2) is 26.4 Å². The van der Waals surface area contributed by atoms with Gasteiger partial charge in [-0.1, -0.05) is 30.4 Å². The van der Waals surface area contributed by atoms with Crippen LogP contribution in [0.4, 0.5) is 0 Å². The number of hydrogen-bond acceptors (Lipinski definition) is 4. The minimum absolute atomic E-state index is 0.0730. The highest BCUT2D eigenvalue weighted by Crippen LogP contribution is 2.05. The topological polar surface area (TPSA) is 71.5 Å². The van der Waals surface area contributed by atoms with E-state index in [2.05, 4.69) is 20.6 Å². The summed E-state index contributed by atoms with van der Waals surface area (Å²) in [4.78, 5) is 11.8. The highest BCUT2D eigenvalue weighted by Gasteiger charge is 2.13. The summed E-state index contributed by atoms with van der Waals surface area (Å²) in [6.07, 6.45) is 8.82. The van der Waals surface area contributed by atoms with E-state index >= 15 is 0 Å². The van der Waals surface area contributed by atoms with Gasteiger partial charge in [0, 0.05) is 5.57 Å². The summed E-state index contributed by atoms with van der Waals surface area (Å²) < 4.78 is 0. The highest BCUT2D eigenvalue weighted by atomic mass is 16.1. The van der Waals surface area contributed by atoms with Crippen molar-refractivity contribution in [2.24, 2.45) is 0 Å². The van der Waals surface area contributed by atoms with Crippen molar-refractivity contribution in [2.45, 2.75) is 13.8 Å². The van der Waals surface area contributed by atoms with E-state index in [0.29, 0.717) is 5.57 Å². The molecule has 1 aromatic heterocycles. The second-order valence-corrected chi connectivity index (χ2v) is 2.71. The second-order valence-electron chi connectivity index (χ2n) is 2.71. The summed E-state index contributed by atoms with van der Waals surface area (Å²) in [6.45, 7) is 3.72. The zero-order valence-electron chi connectivity index (χ0n) is 8.64. The molecule has 1 N–H and O–H groups in total. The van der Waals surface area contributed by atoms with Gasteiger partial charge >= 0.3 is 0 Å². The van der Waals surface area contributed by atoms with Crippen molar-refractivity contribution in [3.05, 3.63) is 41.8 Å². The number of nitrogens with zero attached hydrogens (tertiary/aromatic N) is 3. The maximum Gasteiger partial charge on any atom is 0.245 e. The Balaban J connectivity index is 2.96. The smallest absolute Gasteiger partial charge is 0.245 e. The average molecular weight is 204 g/mol. The molecule has 0 aliphatic carbocycles. The third kappa shape index (κ3) is 2.98. The van der Waals surface area contributed by atoms with Gasteiger partial charge in [-0.2, -0.15) is 5.21 Å². The van der Waals surface area contributed by atoms with E-state index in [-0.39, 0.29) is 11.6 Å². The van der Waals surface area contributed by atoms with Gasteiger partial charge < -0.3 is 0 Å². The molecule has 0 atom stereocenters. The fourth-order valence-corrected chi connectivity index (χ4v) is 0.973. The molecule has 0 amide bonds. The van der Waals surface area contributed by atoms with Gasteiger partial charge in [-0.05, 0) is 19.1 Å². The molecule has 5 heteroatoms. The van der Waals surface area contributed by atoms with E-state index in [1.165, 1.54) is 0 Å². The molecule has 0 fully saturated rings. The van der Waals surface area contributed by atoms with E-state index in [1.54, 1.807) is 24.3 Å². The SMILES string of the molecule is C\C=C/C=C(\C=C/C)C(=O)c1nn[nH]n1. The van der Waals surface area contributed by atoms with Gasteiger partial charge in [0.05, 0.1) is 0 Å². The summed E-state index contributed by atoms with van der Waals surface area (Å²) in [5.74, 6) is -0.177. The molecule has 1 heterocycles. The zero-order chi connectivity index (χ0) is 11.1. The van der Waals surface area contributed by atoms with E-state index < -0.39 is 0 Å². The van der Waals surface area contributed by atoms with Crippen LogP contribution in [-0.2, 0) is 0 Å². The molecule has 0 saturated heterocycles. The monoisotopic (exact) mass is 204 g/mol. The normalized spacial score (nSPS) is 12.8. The van der Waals surface area contributed by atoms with Crippen molar-refractivity contribution in [2.75, 3.05) is 0 Å². The first kappa shape index (κ1) is 11.0. The van der Waals surface area contributed by atoms with Crippen LogP contribution in [0.25, 0.3) is 0 Å². The molecule has 0 bridgehead atoms. The van der Waals surface area contributed by atoms with Gasteiger partial charge in [-0.3, -0.25) is 4.79 Å². The van der Waals surface area contributed by atoms with Crippen molar-refractivity contribution in [3.8, 4) is 0 Å². The Morgan fingerprint density at radius 1 is 1.33 bits per heavy atom. The molecule has 0 saturated carbocycles. The standard InChI is InChI=1S/C10H12N4O/c1-3-5-7-8(6-4-2)9(15)10-11-13-14-12-10/h3-7H,1-2H3,(H,11,12,13,14)/b5-3-,6-4-,8-7+. The van der Waals surface area contributed by atoms with Crippen molar-refractivity contribution >= 4 is 5.78 Å². The molecule has 15 heavy (non-hydrogen) atoms. The molecule has 0 unspecified atom stereocenters. The Bertz CT molecular complexity index is 401. The lowest BCUT2D eigenvalue weighted by atomic mass is 10.1. The Kier molecular flexibility index (Phi) is 4.15. The zero-order valence-corrected chi connectivity index (χ0v) is 8.64. The van der Waals surface area contributed by atoms with Crippen LogP contribution in [0.2, 0.25) is 0 Å². The van der Waals surface area contributed by atoms with Crippen molar-refractivity contribution in [1.29, 1.82) is 0 Å². The number of rotatable bonds is 4. The Hall–Kier alpha value is -2.04. The lowest BCUT2D eigenvalue weighted by molar-refractivity contribution is 0.102. The largest absolute Gasteiger partial charge is 0.285 e. The maximum atomic E-state index is 11.8. The molecular formula is C10H12N4O. The van der Waals surface area contributed by atoms with Crippen LogP contribution in [0, 0.1) is 0 Å². The minimum Gasteiger partial charge on any atom is -0.285 e. The van der Waals surface area contributed by atoms with Crippen LogP contribution in [0.5, 0.6) is 0 Å². The van der Waals surface area contributed by atoms with Crippen LogP contribution >= 0.6 is 0 Å². The maximum absolute atomic E-state index is 11.8. The second kappa shape index (κ2) is 5.64. The number of carbonyl (C=O) groups excluding carboxylic acids is 1. The van der Waals surface area contributed by atoms with E-state index in [9.17, 15) is 4.79 Å². The number of hydrogen-bond donors (Lipinski definition) is 1. The first-order chi connectivity index (χ1) is 7.29. The average Bonchev–Trinajstić information content (AvgIpc) is 2.76. The lowest BCUT2D eigenvalue weighted by Crippen LogP contribution is -2.04. The quantitative estimate of drug-likeness (QED) is 0.458. The number of carbonyl (C=O) groups is 1. The number of ketones is 1. The Labute approximate surface area is 87.6 Å². The Morgan fingerprint density at radius 2 is 2.13 bits per heavy atom. The molecule has 0 aromatic carbocycles. The number of tetrazole rings is 1. The van der Waals surface area contributed by atoms with Gasteiger partial charge in [0.15, 0.2) is 0 Å². The third-order valence-electron chi connectivity index (χ3n) is 1.63. The van der Waals surface area contributed by atoms with Crippen molar-refractivity contribution < 1.29 is 4.79 Å². The Morgan fingerprint density at radius 3 is 2.67 bits per heavy atom. The van der Waals surface area contributed by atoms with E-state index in [4.69, 9.17) is 0 Å². The molecule has 5 nitrogen and oxygen atoms in total. The predicted octanol–water partition coefficient (Wildman–Crippen LogP) is 1.46. The number of aromatic amines is 1. The van der Waals surface area contributed by atoms with Crippen LogP contribution < -0.4 is 0 Å². The molecular weight excluding hydrogens is 192 g/mol. The summed E-state index contributed by atoms with van der Waals surface area (Å²) in [5, 5.41) is 12.8. The molecule has 0 aliphatic rings. The number of aromatic nitrogens is 4. The van der Waals surface area contributed by atoms with Gasteiger partial charge in [0.2, 0.25) is 11.6 Å². The molecule has 0 aliphatic heterocycles. The number of H-pyrrole nitrogens is 1. The fraction of sp³-hybridized carbons (Fsp3) is 0.200. The first-order valence-electron chi connectivity index (χ1n) is 4.53. The van der Waals surface area contributed by atoms with E-state index in [0.717, 1.165) is 0 Å². The highest BCUT2D eigenvalue weighted by molar-refractivity contribution is 6.08. The molecule has 0 spiro atoms. The fourth-order valence-electron chi connectivity index (χ4n) is 0.973. The first-order valence-corrected chi connectivity index (χ1v) is 4.53. The molecule has 78 valence electrons. The predicted molar refractivity (Wildman–Crippen MR) is 56.2 cm³/mol. The van der Waals surface area contributed by atoms with Crippen molar-refractivity contribution in [3.63, 3.8) is 0 Å². The van der Waals surface area contributed by atoms with Crippen LogP contribution in [0.3, 0.4) is 0 Å². The summed E-state index contributed by atoms with van der Waals surface area (Å²) in [6, 6.07) is 0. The summed E-state index contributed by atoms with van der Waals surface area (Å²) >= 11 is 0. The third-order valence-corrected chi connectivity index (χ3v) is 1.63. The minimum atomic E-state index is -0.250. The molecule has 1 aromatic rings. The number of allylic oxidation sites excluding steroid dienone is 6. The van der Waals surface area contributed by atoms with Gasteiger partial charge in [0.1, 0.15) is 0 Å². The number of Topliss-reactive ketones (excluding diaryl/α,β-unsaturated/α-hetero) is 1. The van der Waals surface area contributed by atoms with Crippen LogP contribution in [0.15, 0.2) is 36.0 Å². The van der Waals surface area contributed by atoms with Crippen LogP contribution in [0.1, 0.15) is 24.5 Å². The van der Waals surface area contributed by atoms with Gasteiger partial charge in [-0.15, -0.1) is 10.2 Å².